The zero-order chi connectivity index (χ0) is 11.4. The van der Waals surface area contributed by atoms with Gasteiger partial charge < -0.3 is 5.32 Å². The van der Waals surface area contributed by atoms with Crippen molar-refractivity contribution in [1.82, 2.24) is 15.5 Å². The number of halogens is 2. The first-order valence-electron chi connectivity index (χ1n) is 4.88. The van der Waals surface area contributed by atoms with E-state index in [-0.39, 0.29) is 0 Å². The minimum absolute atomic E-state index is 0.488. The fraction of sp³-hybridized carbons (Fsp3) is 0.182. The number of aromatic nitrogens is 2. The number of hydrogen-bond donors (Lipinski definition) is 2. The predicted molar refractivity (Wildman–Crippen MR) is 55.5 cm³/mol. The summed E-state index contributed by atoms with van der Waals surface area (Å²) < 4.78 is 25.5. The molecular weight excluding hydrogens is 212 g/mol. The van der Waals surface area contributed by atoms with Crippen molar-refractivity contribution >= 4 is 0 Å². The second-order valence-electron chi connectivity index (χ2n) is 3.46. The van der Waals surface area contributed by atoms with Gasteiger partial charge in [0.05, 0.1) is 6.20 Å². The van der Waals surface area contributed by atoms with Crippen LogP contribution in [0.25, 0.3) is 0 Å². The SMILES string of the molecule is Fc1ccc(CNCc2cn[nH]c2)cc1F. The van der Waals surface area contributed by atoms with Crippen LogP contribution in [0.4, 0.5) is 8.78 Å². The van der Waals surface area contributed by atoms with Gasteiger partial charge in [0.15, 0.2) is 11.6 Å². The van der Waals surface area contributed by atoms with Gasteiger partial charge in [-0.1, -0.05) is 6.07 Å². The van der Waals surface area contributed by atoms with Crippen molar-refractivity contribution in [3.8, 4) is 0 Å². The topological polar surface area (TPSA) is 40.7 Å². The summed E-state index contributed by atoms with van der Waals surface area (Å²) in [6, 6.07) is 3.88. The lowest BCUT2D eigenvalue weighted by Gasteiger charge is -2.03. The van der Waals surface area contributed by atoms with Crippen LogP contribution in [0.2, 0.25) is 0 Å². The maximum absolute atomic E-state index is 12.9. The molecular formula is C11H11F2N3. The lowest BCUT2D eigenvalue weighted by atomic mass is 10.2. The Hall–Kier alpha value is -1.75. The molecule has 0 spiro atoms. The highest BCUT2D eigenvalue weighted by atomic mass is 19.2. The van der Waals surface area contributed by atoms with Crippen LogP contribution < -0.4 is 5.32 Å². The third-order valence-electron chi connectivity index (χ3n) is 2.20. The average Bonchev–Trinajstić information content (AvgIpc) is 2.76. The van der Waals surface area contributed by atoms with Gasteiger partial charge in [-0.25, -0.2) is 8.78 Å². The summed E-state index contributed by atoms with van der Waals surface area (Å²) in [4.78, 5) is 0. The lowest BCUT2D eigenvalue weighted by Crippen LogP contribution is -2.12. The van der Waals surface area contributed by atoms with Crippen LogP contribution in [-0.2, 0) is 13.1 Å². The summed E-state index contributed by atoms with van der Waals surface area (Å²) in [7, 11) is 0. The summed E-state index contributed by atoms with van der Waals surface area (Å²) in [6.45, 7) is 1.12. The first kappa shape index (κ1) is 10.8. The molecule has 2 aromatic rings. The van der Waals surface area contributed by atoms with Crippen LogP contribution >= 0.6 is 0 Å². The quantitative estimate of drug-likeness (QED) is 0.832. The molecule has 1 heterocycles. The number of aromatic amines is 1. The molecule has 0 aliphatic rings. The first-order chi connectivity index (χ1) is 7.75. The number of H-pyrrole nitrogens is 1. The second-order valence-corrected chi connectivity index (χ2v) is 3.46. The fourth-order valence-electron chi connectivity index (χ4n) is 1.38. The second kappa shape index (κ2) is 4.85. The van der Waals surface area contributed by atoms with Gasteiger partial charge in [0.2, 0.25) is 0 Å². The molecule has 2 rings (SSSR count). The van der Waals surface area contributed by atoms with Crippen LogP contribution in [0.1, 0.15) is 11.1 Å². The van der Waals surface area contributed by atoms with E-state index in [0.717, 1.165) is 11.6 Å². The van der Waals surface area contributed by atoms with E-state index in [1.807, 2.05) is 0 Å². The molecule has 1 aromatic carbocycles. The van der Waals surface area contributed by atoms with Crippen LogP contribution in [0, 0.1) is 11.6 Å². The molecule has 5 heteroatoms. The number of nitrogens with one attached hydrogen (secondary N) is 2. The van der Waals surface area contributed by atoms with Gasteiger partial charge in [0.1, 0.15) is 0 Å². The van der Waals surface area contributed by atoms with Crippen molar-refractivity contribution in [3.63, 3.8) is 0 Å². The first-order valence-corrected chi connectivity index (χ1v) is 4.88. The Labute approximate surface area is 91.5 Å². The summed E-state index contributed by atoms with van der Waals surface area (Å²) in [5, 5.41) is 9.60. The van der Waals surface area contributed by atoms with Gasteiger partial charge >= 0.3 is 0 Å². The molecule has 0 amide bonds. The van der Waals surface area contributed by atoms with E-state index in [0.29, 0.717) is 18.7 Å². The highest BCUT2D eigenvalue weighted by molar-refractivity contribution is 5.17. The van der Waals surface area contributed by atoms with Crippen molar-refractivity contribution in [2.75, 3.05) is 0 Å². The largest absolute Gasteiger partial charge is 0.309 e. The van der Waals surface area contributed by atoms with E-state index in [1.165, 1.54) is 6.07 Å². The van der Waals surface area contributed by atoms with Gasteiger partial charge in [-0.05, 0) is 17.7 Å². The normalized spacial score (nSPS) is 10.6. The molecule has 3 nitrogen and oxygen atoms in total. The molecule has 0 fully saturated rings. The summed E-state index contributed by atoms with van der Waals surface area (Å²) >= 11 is 0. The minimum atomic E-state index is -0.821. The van der Waals surface area contributed by atoms with Crippen molar-refractivity contribution in [1.29, 1.82) is 0 Å². The molecule has 0 aliphatic carbocycles. The molecule has 1 aromatic heterocycles. The molecule has 0 saturated carbocycles. The average molecular weight is 223 g/mol. The molecule has 0 unspecified atom stereocenters. The summed E-state index contributed by atoms with van der Waals surface area (Å²) in [6.07, 6.45) is 3.48. The van der Waals surface area contributed by atoms with E-state index < -0.39 is 11.6 Å². The highest BCUT2D eigenvalue weighted by Gasteiger charge is 2.02. The fourth-order valence-corrected chi connectivity index (χ4v) is 1.38. The van der Waals surface area contributed by atoms with Gasteiger partial charge in [-0.3, -0.25) is 5.10 Å². The summed E-state index contributed by atoms with van der Waals surface area (Å²) in [5.74, 6) is -1.64. The Bertz CT molecular complexity index is 454. The summed E-state index contributed by atoms with van der Waals surface area (Å²) in [5.41, 5.74) is 1.73. The maximum Gasteiger partial charge on any atom is 0.159 e. The lowest BCUT2D eigenvalue weighted by molar-refractivity contribution is 0.506. The number of hydrogen-bond acceptors (Lipinski definition) is 2. The molecule has 0 bridgehead atoms. The van der Waals surface area contributed by atoms with Crippen molar-refractivity contribution in [2.45, 2.75) is 13.1 Å². The van der Waals surface area contributed by atoms with E-state index in [1.54, 1.807) is 18.5 Å². The van der Waals surface area contributed by atoms with Crippen LogP contribution in [-0.4, -0.2) is 10.2 Å². The third kappa shape index (κ3) is 2.64. The number of rotatable bonds is 4. The van der Waals surface area contributed by atoms with E-state index in [4.69, 9.17) is 0 Å². The van der Waals surface area contributed by atoms with Crippen LogP contribution in [0.3, 0.4) is 0 Å². The van der Waals surface area contributed by atoms with Gasteiger partial charge in [0, 0.05) is 24.8 Å². The van der Waals surface area contributed by atoms with Gasteiger partial charge in [-0.2, -0.15) is 5.10 Å². The Morgan fingerprint density at radius 3 is 2.62 bits per heavy atom. The highest BCUT2D eigenvalue weighted by Crippen LogP contribution is 2.08. The van der Waals surface area contributed by atoms with E-state index in [9.17, 15) is 8.78 Å². The van der Waals surface area contributed by atoms with Crippen molar-refractivity contribution in [3.05, 3.63) is 53.4 Å². The minimum Gasteiger partial charge on any atom is -0.309 e. The standard InChI is InChI=1S/C11H11F2N3/c12-10-2-1-8(3-11(10)13)4-14-5-9-6-15-16-7-9/h1-3,6-7,14H,4-5H2,(H,15,16). The van der Waals surface area contributed by atoms with E-state index >= 15 is 0 Å². The molecule has 0 atom stereocenters. The Balaban J connectivity index is 1.87. The molecule has 0 saturated heterocycles. The van der Waals surface area contributed by atoms with Crippen LogP contribution in [0.5, 0.6) is 0 Å². The van der Waals surface area contributed by atoms with Gasteiger partial charge in [0.25, 0.3) is 0 Å². The molecule has 84 valence electrons. The molecule has 0 radical (unpaired) electrons. The van der Waals surface area contributed by atoms with Crippen LogP contribution in [0.15, 0.2) is 30.6 Å². The smallest absolute Gasteiger partial charge is 0.159 e. The molecule has 16 heavy (non-hydrogen) atoms. The molecule has 0 aliphatic heterocycles. The Morgan fingerprint density at radius 1 is 1.12 bits per heavy atom. The number of nitrogens with zero attached hydrogens (tertiary/aromatic N) is 1. The monoisotopic (exact) mass is 223 g/mol. The van der Waals surface area contributed by atoms with Crippen molar-refractivity contribution in [2.24, 2.45) is 0 Å². The maximum atomic E-state index is 12.9. The number of benzene rings is 1. The third-order valence-corrected chi connectivity index (χ3v) is 2.20. The Kier molecular flexibility index (Phi) is 3.26. The van der Waals surface area contributed by atoms with E-state index in [2.05, 4.69) is 15.5 Å². The predicted octanol–water partition coefficient (Wildman–Crippen LogP) is 1.98. The van der Waals surface area contributed by atoms with Crippen molar-refractivity contribution < 1.29 is 8.78 Å². The molecule has 2 N–H and O–H groups in total. The zero-order valence-corrected chi connectivity index (χ0v) is 8.50. The Morgan fingerprint density at radius 2 is 1.94 bits per heavy atom. The van der Waals surface area contributed by atoms with Gasteiger partial charge in [-0.15, -0.1) is 0 Å². The zero-order valence-electron chi connectivity index (χ0n) is 8.50.